The first-order valence-corrected chi connectivity index (χ1v) is 7.39. The summed E-state index contributed by atoms with van der Waals surface area (Å²) in [4.78, 5) is 14.7. The van der Waals surface area contributed by atoms with E-state index >= 15 is 0 Å². The quantitative estimate of drug-likeness (QED) is 0.603. The molecular weight excluding hydrogens is 345 g/mol. The van der Waals surface area contributed by atoms with Gasteiger partial charge in [-0.05, 0) is 41.6 Å². The average molecular weight is 358 g/mol. The highest BCUT2D eigenvalue weighted by Gasteiger charge is 2.28. The predicted molar refractivity (Wildman–Crippen MR) is 86.0 cm³/mol. The summed E-state index contributed by atoms with van der Waals surface area (Å²) in [6.07, 6.45) is -1.25. The smallest absolute Gasteiger partial charge is 0.446 e. The molecule has 24 heavy (non-hydrogen) atoms. The molecule has 6 nitrogen and oxygen atoms in total. The number of anilines is 3. The number of halogens is 3. The number of nitrogens with two attached hydrogens (primary N) is 1. The SMILES string of the molecule is Nc1nc(NCc2ccc(SC(F)(F)F)cc2)ccc1NC(=O)O. The fourth-order valence-electron chi connectivity index (χ4n) is 1.80. The second-order valence-corrected chi connectivity index (χ2v) is 5.74. The van der Waals surface area contributed by atoms with E-state index in [-0.39, 0.29) is 28.2 Å². The Morgan fingerprint density at radius 2 is 1.88 bits per heavy atom. The molecule has 0 aliphatic heterocycles. The minimum absolute atomic E-state index is 0.0133. The summed E-state index contributed by atoms with van der Waals surface area (Å²) in [5, 5.41) is 13.7. The van der Waals surface area contributed by atoms with Crippen molar-refractivity contribution >= 4 is 35.2 Å². The van der Waals surface area contributed by atoms with Crippen molar-refractivity contribution in [1.29, 1.82) is 0 Å². The van der Waals surface area contributed by atoms with Crippen LogP contribution < -0.4 is 16.4 Å². The molecule has 0 saturated heterocycles. The Morgan fingerprint density at radius 1 is 1.21 bits per heavy atom. The van der Waals surface area contributed by atoms with Crippen LogP contribution in [0.5, 0.6) is 0 Å². The number of nitrogens with one attached hydrogen (secondary N) is 2. The Morgan fingerprint density at radius 3 is 2.42 bits per heavy atom. The fourth-order valence-corrected chi connectivity index (χ4v) is 2.34. The summed E-state index contributed by atoms with van der Waals surface area (Å²) < 4.78 is 36.7. The second kappa shape index (κ2) is 7.30. The second-order valence-electron chi connectivity index (χ2n) is 4.60. The summed E-state index contributed by atoms with van der Waals surface area (Å²) >= 11 is -0.172. The molecule has 128 valence electrons. The van der Waals surface area contributed by atoms with Crippen molar-refractivity contribution in [3.05, 3.63) is 42.0 Å². The van der Waals surface area contributed by atoms with E-state index in [2.05, 4.69) is 15.6 Å². The van der Waals surface area contributed by atoms with Crippen LogP contribution >= 0.6 is 11.8 Å². The highest BCUT2D eigenvalue weighted by molar-refractivity contribution is 8.00. The summed E-state index contributed by atoms with van der Waals surface area (Å²) in [5.74, 6) is 0.427. The number of rotatable bonds is 5. The van der Waals surface area contributed by atoms with E-state index in [4.69, 9.17) is 10.8 Å². The van der Waals surface area contributed by atoms with E-state index in [1.165, 1.54) is 24.3 Å². The van der Waals surface area contributed by atoms with Crippen molar-refractivity contribution in [3.63, 3.8) is 0 Å². The molecule has 1 amide bonds. The fraction of sp³-hybridized carbons (Fsp3) is 0.143. The summed E-state index contributed by atoms with van der Waals surface area (Å²) in [7, 11) is 0. The maximum absolute atomic E-state index is 12.2. The number of hydrogen-bond donors (Lipinski definition) is 4. The standard InChI is InChI=1S/C14H13F3N4O2S/c15-14(16,17)24-9-3-1-8(2-4-9)7-19-11-6-5-10(12(18)21-11)20-13(22)23/h1-6,20H,7H2,(H,22,23)(H3,18,19,21). The first-order chi connectivity index (χ1) is 11.2. The van der Waals surface area contributed by atoms with Gasteiger partial charge in [0.2, 0.25) is 0 Å². The summed E-state index contributed by atoms with van der Waals surface area (Å²) in [5.41, 5.74) is 2.25. The van der Waals surface area contributed by atoms with Gasteiger partial charge in [-0.25, -0.2) is 9.78 Å². The molecule has 2 aromatic rings. The van der Waals surface area contributed by atoms with E-state index in [1.54, 1.807) is 12.1 Å². The van der Waals surface area contributed by atoms with Crippen molar-refractivity contribution < 1.29 is 23.1 Å². The zero-order valence-corrected chi connectivity index (χ0v) is 12.9. The Labute approximate surface area is 139 Å². The lowest BCUT2D eigenvalue weighted by molar-refractivity contribution is -0.0328. The van der Waals surface area contributed by atoms with Gasteiger partial charge in [0.25, 0.3) is 0 Å². The third kappa shape index (κ3) is 5.54. The molecule has 0 bridgehead atoms. The zero-order chi connectivity index (χ0) is 17.7. The normalized spacial score (nSPS) is 11.1. The lowest BCUT2D eigenvalue weighted by atomic mass is 10.2. The van der Waals surface area contributed by atoms with Gasteiger partial charge < -0.3 is 16.2 Å². The lowest BCUT2D eigenvalue weighted by Crippen LogP contribution is -2.11. The topological polar surface area (TPSA) is 100 Å². The molecule has 0 atom stereocenters. The number of nitrogen functional groups attached to an aromatic ring is 1. The molecule has 0 spiro atoms. The number of thioether (sulfide) groups is 1. The largest absolute Gasteiger partial charge is 0.465 e. The summed E-state index contributed by atoms with van der Waals surface area (Å²) in [6, 6.07) is 8.92. The van der Waals surface area contributed by atoms with E-state index < -0.39 is 11.6 Å². The third-order valence-electron chi connectivity index (χ3n) is 2.80. The van der Waals surface area contributed by atoms with Gasteiger partial charge in [0.1, 0.15) is 11.6 Å². The molecule has 1 heterocycles. The van der Waals surface area contributed by atoms with E-state index in [1.807, 2.05) is 0 Å². The molecule has 0 saturated carbocycles. The van der Waals surface area contributed by atoms with Crippen molar-refractivity contribution in [1.82, 2.24) is 4.98 Å². The molecule has 5 N–H and O–H groups in total. The Hall–Kier alpha value is -2.62. The van der Waals surface area contributed by atoms with Gasteiger partial charge in [-0.15, -0.1) is 0 Å². The van der Waals surface area contributed by atoms with Gasteiger partial charge >= 0.3 is 11.6 Å². The number of benzene rings is 1. The van der Waals surface area contributed by atoms with Crippen LogP contribution in [0.15, 0.2) is 41.3 Å². The molecule has 1 aromatic carbocycles. The van der Waals surface area contributed by atoms with Crippen molar-refractivity contribution in [2.75, 3.05) is 16.4 Å². The Kier molecular flexibility index (Phi) is 5.39. The molecule has 0 aliphatic rings. The van der Waals surface area contributed by atoms with Crippen LogP contribution in [0.2, 0.25) is 0 Å². The Balaban J connectivity index is 1.96. The van der Waals surface area contributed by atoms with Crippen molar-refractivity contribution in [3.8, 4) is 0 Å². The van der Waals surface area contributed by atoms with Crippen LogP contribution in [0, 0.1) is 0 Å². The van der Waals surface area contributed by atoms with Crippen LogP contribution in [0.1, 0.15) is 5.56 Å². The maximum atomic E-state index is 12.2. The van der Waals surface area contributed by atoms with Crippen LogP contribution in [-0.2, 0) is 6.54 Å². The molecule has 2 rings (SSSR count). The number of carboxylic acid groups (broad SMARTS) is 1. The maximum Gasteiger partial charge on any atom is 0.446 e. The van der Waals surface area contributed by atoms with Gasteiger partial charge in [0.05, 0.1) is 5.69 Å². The van der Waals surface area contributed by atoms with Gasteiger partial charge in [-0.1, -0.05) is 12.1 Å². The first-order valence-electron chi connectivity index (χ1n) is 6.58. The number of amides is 1. The molecule has 0 aliphatic carbocycles. The monoisotopic (exact) mass is 358 g/mol. The zero-order valence-electron chi connectivity index (χ0n) is 12.1. The number of hydrogen-bond acceptors (Lipinski definition) is 5. The minimum Gasteiger partial charge on any atom is -0.465 e. The van der Waals surface area contributed by atoms with E-state index in [9.17, 15) is 18.0 Å². The van der Waals surface area contributed by atoms with Crippen LogP contribution in [0.3, 0.4) is 0 Å². The van der Waals surface area contributed by atoms with E-state index in [0.29, 0.717) is 12.4 Å². The molecule has 0 radical (unpaired) electrons. The van der Waals surface area contributed by atoms with Gasteiger partial charge in [0, 0.05) is 11.4 Å². The first kappa shape index (κ1) is 17.7. The van der Waals surface area contributed by atoms with E-state index in [0.717, 1.165) is 5.56 Å². The van der Waals surface area contributed by atoms with Crippen LogP contribution in [0.25, 0.3) is 0 Å². The van der Waals surface area contributed by atoms with Crippen molar-refractivity contribution in [2.24, 2.45) is 0 Å². The highest BCUT2D eigenvalue weighted by atomic mass is 32.2. The molecular formula is C14H13F3N4O2S. The number of alkyl halides is 3. The predicted octanol–water partition coefficient (Wildman–Crippen LogP) is 3.98. The third-order valence-corrected chi connectivity index (χ3v) is 3.54. The van der Waals surface area contributed by atoms with Gasteiger partial charge in [0.15, 0.2) is 0 Å². The highest BCUT2D eigenvalue weighted by Crippen LogP contribution is 2.36. The molecule has 0 fully saturated rings. The van der Waals surface area contributed by atoms with Gasteiger partial charge in [-0.2, -0.15) is 13.2 Å². The Bertz CT molecular complexity index is 723. The lowest BCUT2D eigenvalue weighted by Gasteiger charge is -2.10. The average Bonchev–Trinajstić information content (AvgIpc) is 2.47. The molecule has 0 unspecified atom stereocenters. The minimum atomic E-state index is -4.31. The van der Waals surface area contributed by atoms with Crippen molar-refractivity contribution in [2.45, 2.75) is 16.9 Å². The van der Waals surface area contributed by atoms with Crippen LogP contribution in [-0.4, -0.2) is 21.7 Å². The number of nitrogens with zero attached hydrogens (tertiary/aromatic N) is 1. The summed E-state index contributed by atoms with van der Waals surface area (Å²) in [6.45, 7) is 0.328. The molecule has 10 heteroatoms. The number of carbonyl (C=O) groups is 1. The number of pyridine rings is 1. The van der Waals surface area contributed by atoms with Crippen LogP contribution in [0.4, 0.5) is 35.3 Å². The molecule has 1 aromatic heterocycles. The number of aromatic nitrogens is 1. The van der Waals surface area contributed by atoms with Gasteiger partial charge in [-0.3, -0.25) is 5.32 Å².